The van der Waals surface area contributed by atoms with E-state index in [0.717, 1.165) is 0 Å². The summed E-state index contributed by atoms with van der Waals surface area (Å²) in [5, 5.41) is 0. The molecule has 1 amide bonds. The Hall–Kier alpha value is -1.75. The Bertz CT molecular complexity index is 850. The van der Waals surface area contributed by atoms with Crippen molar-refractivity contribution < 1.29 is 17.9 Å². The van der Waals surface area contributed by atoms with Crippen LogP contribution in [-0.2, 0) is 14.9 Å². The van der Waals surface area contributed by atoms with E-state index < -0.39 is 15.8 Å². The lowest BCUT2D eigenvalue weighted by Gasteiger charge is -2.40. The lowest BCUT2D eigenvalue weighted by molar-refractivity contribution is -0.0457. The maximum atomic E-state index is 12.9. The molecule has 2 saturated heterocycles. The molecule has 2 atom stereocenters. The van der Waals surface area contributed by atoms with Gasteiger partial charge in [-0.25, -0.2) is 0 Å². The predicted molar refractivity (Wildman–Crippen MR) is 99.8 cm³/mol. The Balaban J connectivity index is 1.66. The van der Waals surface area contributed by atoms with Crippen LogP contribution in [-0.4, -0.2) is 84.3 Å². The summed E-state index contributed by atoms with van der Waals surface area (Å²) in [4.78, 5) is 28.7. The SMILES string of the molecule is Cc1ccc(C(=O)N2CCN(S(=O)(=O)N3CC(C)OC(C)C3)CC2)c(=O)[nH]1. The van der Waals surface area contributed by atoms with Gasteiger partial charge in [-0.3, -0.25) is 9.59 Å². The van der Waals surface area contributed by atoms with Crippen LogP contribution in [0.25, 0.3) is 0 Å². The van der Waals surface area contributed by atoms with Crippen LogP contribution < -0.4 is 5.56 Å². The molecule has 3 rings (SSSR count). The smallest absolute Gasteiger partial charge is 0.282 e. The van der Waals surface area contributed by atoms with Crippen molar-refractivity contribution in [1.82, 2.24) is 18.5 Å². The molecule has 10 heteroatoms. The minimum absolute atomic E-state index is 0.0766. The predicted octanol–water partition coefficient (Wildman–Crippen LogP) is -0.205. The Morgan fingerprint density at radius 1 is 1.07 bits per heavy atom. The number of ether oxygens (including phenoxy) is 1. The highest BCUT2D eigenvalue weighted by atomic mass is 32.2. The van der Waals surface area contributed by atoms with Gasteiger partial charge in [-0.2, -0.15) is 17.0 Å². The molecule has 9 nitrogen and oxygen atoms in total. The molecule has 2 aliphatic heterocycles. The molecular weight excluding hydrogens is 372 g/mol. The van der Waals surface area contributed by atoms with Crippen LogP contribution in [0.4, 0.5) is 0 Å². The summed E-state index contributed by atoms with van der Waals surface area (Å²) >= 11 is 0. The Morgan fingerprint density at radius 2 is 1.67 bits per heavy atom. The largest absolute Gasteiger partial charge is 0.373 e. The van der Waals surface area contributed by atoms with Gasteiger partial charge in [0.25, 0.3) is 21.7 Å². The third kappa shape index (κ3) is 4.23. The van der Waals surface area contributed by atoms with Crippen LogP contribution in [0.15, 0.2) is 16.9 Å². The van der Waals surface area contributed by atoms with Crippen molar-refractivity contribution >= 4 is 16.1 Å². The normalized spacial score (nSPS) is 25.5. The first-order chi connectivity index (χ1) is 12.7. The van der Waals surface area contributed by atoms with Crippen LogP contribution in [0.3, 0.4) is 0 Å². The molecule has 0 radical (unpaired) electrons. The Kier molecular flexibility index (Phi) is 5.71. The van der Waals surface area contributed by atoms with Crippen LogP contribution in [0.1, 0.15) is 29.9 Å². The first-order valence-electron chi connectivity index (χ1n) is 9.08. The fraction of sp³-hybridized carbons (Fsp3) is 0.647. The van der Waals surface area contributed by atoms with Crippen molar-refractivity contribution in [3.63, 3.8) is 0 Å². The topological polar surface area (TPSA) is 103 Å². The molecule has 2 unspecified atom stereocenters. The zero-order valence-electron chi connectivity index (χ0n) is 15.8. The maximum absolute atomic E-state index is 12.9. The standard InChI is InChI=1S/C17H26N4O5S/c1-12-4-5-15(16(22)18-12)17(23)19-6-8-20(9-7-19)27(24,25)21-10-13(2)26-14(3)11-21/h4-5,13-14H,6-11H2,1-3H3,(H,18,22). The van der Waals surface area contributed by atoms with E-state index in [2.05, 4.69) is 4.98 Å². The molecule has 1 N–H and O–H groups in total. The van der Waals surface area contributed by atoms with Crippen molar-refractivity contribution in [2.24, 2.45) is 0 Å². The van der Waals surface area contributed by atoms with Gasteiger partial charge in [-0.1, -0.05) is 0 Å². The van der Waals surface area contributed by atoms with Crippen LogP contribution in [0.2, 0.25) is 0 Å². The number of piperazine rings is 1. The van der Waals surface area contributed by atoms with Gasteiger partial charge in [0.2, 0.25) is 0 Å². The molecule has 2 fully saturated rings. The summed E-state index contributed by atoms with van der Waals surface area (Å²) in [6.07, 6.45) is -0.306. The highest BCUT2D eigenvalue weighted by molar-refractivity contribution is 7.86. The molecule has 0 aliphatic carbocycles. The fourth-order valence-corrected chi connectivity index (χ4v) is 5.26. The number of carbonyl (C=O) groups is 1. The summed E-state index contributed by atoms with van der Waals surface area (Å²) in [7, 11) is -3.60. The first-order valence-corrected chi connectivity index (χ1v) is 10.5. The number of aromatic amines is 1. The molecule has 3 heterocycles. The van der Waals surface area contributed by atoms with E-state index in [1.165, 1.54) is 19.6 Å². The number of aromatic nitrogens is 1. The van der Waals surface area contributed by atoms with Crippen LogP contribution in [0.5, 0.6) is 0 Å². The average molecular weight is 398 g/mol. The van der Waals surface area contributed by atoms with Gasteiger partial charge in [-0.05, 0) is 32.9 Å². The number of amides is 1. The molecule has 1 aromatic heterocycles. The molecule has 150 valence electrons. The zero-order chi connectivity index (χ0) is 19.8. The van der Waals surface area contributed by atoms with E-state index in [0.29, 0.717) is 18.8 Å². The van der Waals surface area contributed by atoms with Crippen molar-refractivity contribution in [3.05, 3.63) is 33.7 Å². The average Bonchev–Trinajstić information content (AvgIpc) is 2.60. The van der Waals surface area contributed by atoms with Gasteiger partial charge >= 0.3 is 0 Å². The second-order valence-electron chi connectivity index (χ2n) is 7.16. The van der Waals surface area contributed by atoms with Gasteiger partial charge in [0.15, 0.2) is 0 Å². The molecule has 2 aliphatic rings. The maximum Gasteiger partial charge on any atom is 0.282 e. The fourth-order valence-electron chi connectivity index (χ4n) is 3.52. The minimum Gasteiger partial charge on any atom is -0.373 e. The third-order valence-electron chi connectivity index (χ3n) is 4.85. The van der Waals surface area contributed by atoms with Gasteiger partial charge in [0, 0.05) is 45.0 Å². The third-order valence-corrected chi connectivity index (χ3v) is 6.82. The van der Waals surface area contributed by atoms with E-state index in [4.69, 9.17) is 4.74 Å². The van der Waals surface area contributed by atoms with Gasteiger partial charge < -0.3 is 14.6 Å². The number of morpholine rings is 1. The monoisotopic (exact) mass is 398 g/mol. The van der Waals surface area contributed by atoms with Crippen molar-refractivity contribution in [2.75, 3.05) is 39.3 Å². The molecule has 0 spiro atoms. The highest BCUT2D eigenvalue weighted by Crippen LogP contribution is 2.19. The molecular formula is C17H26N4O5S. The number of nitrogens with zero attached hydrogens (tertiary/aromatic N) is 3. The van der Waals surface area contributed by atoms with E-state index in [1.54, 1.807) is 13.0 Å². The van der Waals surface area contributed by atoms with Gasteiger partial charge in [-0.15, -0.1) is 0 Å². The lowest BCUT2D eigenvalue weighted by atomic mass is 10.2. The minimum atomic E-state index is -3.60. The second kappa shape index (κ2) is 7.70. The second-order valence-corrected chi connectivity index (χ2v) is 9.09. The van der Waals surface area contributed by atoms with E-state index >= 15 is 0 Å². The number of H-pyrrole nitrogens is 1. The summed E-state index contributed by atoms with van der Waals surface area (Å²) in [5.41, 5.74) is 0.334. The summed E-state index contributed by atoms with van der Waals surface area (Å²) in [6, 6.07) is 3.19. The van der Waals surface area contributed by atoms with Gasteiger partial charge in [0.05, 0.1) is 12.2 Å². The summed E-state index contributed by atoms with van der Waals surface area (Å²) in [5.74, 6) is -0.373. The van der Waals surface area contributed by atoms with E-state index in [-0.39, 0.29) is 49.9 Å². The molecule has 0 aromatic carbocycles. The quantitative estimate of drug-likeness (QED) is 0.759. The number of rotatable bonds is 3. The number of aryl methyl sites for hydroxylation is 1. The number of nitrogens with one attached hydrogen (secondary N) is 1. The van der Waals surface area contributed by atoms with E-state index in [9.17, 15) is 18.0 Å². The van der Waals surface area contributed by atoms with E-state index in [1.807, 2.05) is 13.8 Å². The summed E-state index contributed by atoms with van der Waals surface area (Å²) in [6.45, 7) is 7.01. The molecule has 0 saturated carbocycles. The van der Waals surface area contributed by atoms with Gasteiger partial charge in [0.1, 0.15) is 5.56 Å². The number of carbonyl (C=O) groups excluding carboxylic acids is 1. The highest BCUT2D eigenvalue weighted by Gasteiger charge is 2.37. The molecule has 27 heavy (non-hydrogen) atoms. The van der Waals surface area contributed by atoms with Crippen molar-refractivity contribution in [2.45, 2.75) is 33.0 Å². The number of hydrogen-bond acceptors (Lipinski definition) is 5. The summed E-state index contributed by atoms with van der Waals surface area (Å²) < 4.78 is 34.3. The van der Waals surface area contributed by atoms with Crippen molar-refractivity contribution in [1.29, 1.82) is 0 Å². The first kappa shape index (κ1) is 20.0. The van der Waals surface area contributed by atoms with Crippen molar-refractivity contribution in [3.8, 4) is 0 Å². The van der Waals surface area contributed by atoms with Crippen LogP contribution in [0, 0.1) is 6.92 Å². The zero-order valence-corrected chi connectivity index (χ0v) is 16.7. The number of hydrogen-bond donors (Lipinski definition) is 1. The lowest BCUT2D eigenvalue weighted by Crippen LogP contribution is -2.57. The Morgan fingerprint density at radius 3 is 2.22 bits per heavy atom. The molecule has 0 bridgehead atoms. The number of pyridine rings is 1. The Labute approximate surface area is 159 Å². The van der Waals surface area contributed by atoms with Crippen LogP contribution >= 0.6 is 0 Å². The molecule has 1 aromatic rings.